The van der Waals surface area contributed by atoms with Gasteiger partial charge in [0.15, 0.2) is 5.78 Å². The summed E-state index contributed by atoms with van der Waals surface area (Å²) in [5, 5.41) is 0. The zero-order valence-electron chi connectivity index (χ0n) is 17.4. The standard InChI is InChI=1S/C22H30N4O4/c27-20(18-3-5-19(6-4-18)26-7-1-2-21(26)28)16-23-8-10-24(11-9-23)17-22(29)25-12-14-30-15-13-25/h3-6H,1-2,7-17H2. The molecule has 1 aromatic rings. The van der Waals surface area contributed by atoms with Gasteiger partial charge in [0.1, 0.15) is 0 Å². The molecule has 30 heavy (non-hydrogen) atoms. The molecule has 0 radical (unpaired) electrons. The first-order valence-electron chi connectivity index (χ1n) is 10.8. The van der Waals surface area contributed by atoms with Crippen LogP contribution < -0.4 is 4.90 Å². The highest BCUT2D eigenvalue weighted by atomic mass is 16.5. The van der Waals surface area contributed by atoms with Gasteiger partial charge < -0.3 is 14.5 Å². The Kier molecular flexibility index (Phi) is 6.76. The molecule has 2 amide bonds. The largest absolute Gasteiger partial charge is 0.378 e. The van der Waals surface area contributed by atoms with Crippen molar-refractivity contribution in [2.45, 2.75) is 12.8 Å². The molecule has 3 saturated heterocycles. The Labute approximate surface area is 177 Å². The average molecular weight is 415 g/mol. The van der Waals surface area contributed by atoms with Crippen LogP contribution in [0.3, 0.4) is 0 Å². The van der Waals surface area contributed by atoms with Gasteiger partial charge in [0.05, 0.1) is 26.3 Å². The van der Waals surface area contributed by atoms with Crippen molar-refractivity contribution in [1.82, 2.24) is 14.7 Å². The van der Waals surface area contributed by atoms with Crippen LogP contribution in [-0.2, 0) is 14.3 Å². The maximum atomic E-state index is 12.7. The van der Waals surface area contributed by atoms with Gasteiger partial charge in [0.25, 0.3) is 0 Å². The number of amides is 2. The van der Waals surface area contributed by atoms with Gasteiger partial charge in [-0.05, 0) is 30.7 Å². The normalized spacial score (nSPS) is 21.3. The fourth-order valence-corrected chi connectivity index (χ4v) is 4.25. The zero-order chi connectivity index (χ0) is 20.9. The highest BCUT2D eigenvalue weighted by Crippen LogP contribution is 2.21. The molecule has 0 bridgehead atoms. The number of ketones is 1. The van der Waals surface area contributed by atoms with E-state index in [4.69, 9.17) is 4.74 Å². The van der Waals surface area contributed by atoms with Crippen LogP contribution in [-0.4, -0.2) is 104 Å². The number of morpholine rings is 1. The number of rotatable bonds is 6. The molecule has 8 nitrogen and oxygen atoms in total. The van der Waals surface area contributed by atoms with Gasteiger partial charge in [-0.1, -0.05) is 0 Å². The van der Waals surface area contributed by atoms with Gasteiger partial charge >= 0.3 is 0 Å². The molecule has 8 heteroatoms. The first-order chi connectivity index (χ1) is 14.6. The molecule has 3 heterocycles. The van der Waals surface area contributed by atoms with Gasteiger partial charge in [-0.3, -0.25) is 24.2 Å². The van der Waals surface area contributed by atoms with Crippen molar-refractivity contribution < 1.29 is 19.1 Å². The first kappa shape index (κ1) is 21.0. The zero-order valence-corrected chi connectivity index (χ0v) is 17.4. The summed E-state index contributed by atoms with van der Waals surface area (Å²) in [5.74, 6) is 0.408. The van der Waals surface area contributed by atoms with E-state index in [9.17, 15) is 14.4 Å². The minimum Gasteiger partial charge on any atom is -0.378 e. The Morgan fingerprint density at radius 2 is 1.47 bits per heavy atom. The van der Waals surface area contributed by atoms with Gasteiger partial charge in [-0.2, -0.15) is 0 Å². The topological polar surface area (TPSA) is 73.4 Å². The van der Waals surface area contributed by atoms with Crippen LogP contribution in [0.1, 0.15) is 23.2 Å². The molecule has 0 aromatic heterocycles. The predicted molar refractivity (Wildman–Crippen MR) is 113 cm³/mol. The van der Waals surface area contributed by atoms with Crippen molar-refractivity contribution in [2.24, 2.45) is 0 Å². The third-order valence-corrected chi connectivity index (χ3v) is 6.13. The van der Waals surface area contributed by atoms with Gasteiger partial charge in [0.2, 0.25) is 11.8 Å². The van der Waals surface area contributed by atoms with Crippen LogP contribution in [0.2, 0.25) is 0 Å². The van der Waals surface area contributed by atoms with Crippen molar-refractivity contribution in [3.63, 3.8) is 0 Å². The van der Waals surface area contributed by atoms with Crippen molar-refractivity contribution >= 4 is 23.3 Å². The summed E-state index contributed by atoms with van der Waals surface area (Å²) in [6.07, 6.45) is 1.49. The first-order valence-corrected chi connectivity index (χ1v) is 10.8. The van der Waals surface area contributed by atoms with Crippen LogP contribution >= 0.6 is 0 Å². The molecule has 0 N–H and O–H groups in total. The minimum atomic E-state index is 0.0899. The van der Waals surface area contributed by atoms with Crippen molar-refractivity contribution in [3.05, 3.63) is 29.8 Å². The molecule has 3 aliphatic rings. The summed E-state index contributed by atoms with van der Waals surface area (Å²) < 4.78 is 5.30. The predicted octanol–water partition coefficient (Wildman–Crippen LogP) is 0.473. The lowest BCUT2D eigenvalue weighted by molar-refractivity contribution is -0.136. The summed E-state index contributed by atoms with van der Waals surface area (Å²) in [7, 11) is 0. The summed E-state index contributed by atoms with van der Waals surface area (Å²) >= 11 is 0. The molecule has 0 atom stereocenters. The number of ether oxygens (including phenoxy) is 1. The van der Waals surface area contributed by atoms with E-state index in [-0.39, 0.29) is 17.6 Å². The maximum absolute atomic E-state index is 12.7. The fraction of sp³-hybridized carbons (Fsp3) is 0.591. The summed E-state index contributed by atoms with van der Waals surface area (Å²) in [6.45, 7) is 7.32. The van der Waals surface area contributed by atoms with Crippen molar-refractivity contribution in [1.29, 1.82) is 0 Å². The van der Waals surface area contributed by atoms with Crippen molar-refractivity contribution in [3.8, 4) is 0 Å². The summed E-state index contributed by atoms with van der Waals surface area (Å²) in [4.78, 5) is 44.9. The number of carbonyl (C=O) groups is 3. The monoisotopic (exact) mass is 414 g/mol. The lowest BCUT2D eigenvalue weighted by Crippen LogP contribution is -2.52. The molecule has 1 aromatic carbocycles. The SMILES string of the molecule is O=C(CN1CCN(CC(=O)N2CCOCC2)CC1)c1ccc(N2CCCC2=O)cc1. The summed E-state index contributed by atoms with van der Waals surface area (Å²) in [5.41, 5.74) is 1.54. The molecular weight excluding hydrogens is 384 g/mol. The molecule has 0 spiro atoms. The van der Waals surface area contributed by atoms with Crippen LogP contribution in [0.15, 0.2) is 24.3 Å². The van der Waals surface area contributed by atoms with Gasteiger partial charge in [0, 0.05) is 63.5 Å². The van der Waals surface area contributed by atoms with E-state index in [1.54, 1.807) is 4.90 Å². The number of benzene rings is 1. The second-order valence-electron chi connectivity index (χ2n) is 8.16. The van der Waals surface area contributed by atoms with Gasteiger partial charge in [-0.25, -0.2) is 0 Å². The van der Waals surface area contributed by atoms with Crippen LogP contribution in [0.5, 0.6) is 0 Å². The number of hydrogen-bond donors (Lipinski definition) is 0. The Hall–Kier alpha value is -2.29. The number of hydrogen-bond acceptors (Lipinski definition) is 6. The Morgan fingerprint density at radius 3 is 2.07 bits per heavy atom. The third kappa shape index (κ3) is 5.06. The minimum absolute atomic E-state index is 0.0899. The van der Waals surface area contributed by atoms with E-state index in [1.807, 2.05) is 29.2 Å². The molecule has 3 aliphatic heterocycles. The van der Waals surface area contributed by atoms with E-state index in [1.165, 1.54) is 0 Å². The Morgan fingerprint density at radius 1 is 0.833 bits per heavy atom. The molecule has 0 unspecified atom stereocenters. The smallest absolute Gasteiger partial charge is 0.236 e. The van der Waals surface area contributed by atoms with Crippen molar-refractivity contribution in [2.75, 3.05) is 77.0 Å². The van der Waals surface area contributed by atoms with E-state index < -0.39 is 0 Å². The Balaban J connectivity index is 1.22. The van der Waals surface area contributed by atoms with Crippen LogP contribution in [0.4, 0.5) is 5.69 Å². The fourth-order valence-electron chi connectivity index (χ4n) is 4.25. The molecule has 0 aliphatic carbocycles. The van der Waals surface area contributed by atoms with E-state index in [2.05, 4.69) is 9.80 Å². The number of anilines is 1. The second kappa shape index (κ2) is 9.68. The number of nitrogens with zero attached hydrogens (tertiary/aromatic N) is 4. The van der Waals surface area contributed by atoms with E-state index in [0.29, 0.717) is 51.4 Å². The van der Waals surface area contributed by atoms with Crippen LogP contribution in [0, 0.1) is 0 Å². The highest BCUT2D eigenvalue weighted by Gasteiger charge is 2.25. The average Bonchev–Trinajstić information content (AvgIpc) is 3.21. The maximum Gasteiger partial charge on any atom is 0.236 e. The summed E-state index contributed by atoms with van der Waals surface area (Å²) in [6, 6.07) is 7.37. The molecule has 0 saturated carbocycles. The third-order valence-electron chi connectivity index (χ3n) is 6.13. The Bertz CT molecular complexity index is 768. The molecular formula is C22H30N4O4. The number of carbonyl (C=O) groups excluding carboxylic acids is 3. The number of piperazine rings is 1. The lowest BCUT2D eigenvalue weighted by Gasteiger charge is -2.35. The van der Waals surface area contributed by atoms with E-state index in [0.717, 1.165) is 44.8 Å². The molecule has 3 fully saturated rings. The van der Waals surface area contributed by atoms with Crippen LogP contribution in [0.25, 0.3) is 0 Å². The quantitative estimate of drug-likeness (QED) is 0.631. The van der Waals surface area contributed by atoms with Gasteiger partial charge in [-0.15, -0.1) is 0 Å². The molecule has 4 rings (SSSR count). The van der Waals surface area contributed by atoms with E-state index >= 15 is 0 Å². The second-order valence-corrected chi connectivity index (χ2v) is 8.16. The number of Topliss-reactive ketones (excluding diaryl/α,β-unsaturated/α-hetero) is 1. The lowest BCUT2D eigenvalue weighted by atomic mass is 10.1. The molecule has 162 valence electrons. The highest BCUT2D eigenvalue weighted by molar-refractivity contribution is 5.99.